The highest BCUT2D eigenvalue weighted by atomic mass is 32.2. The number of aromatic nitrogens is 2. The largest absolute Gasteiger partial charge is 0.489 e. The Balaban J connectivity index is 0.891. The van der Waals surface area contributed by atoms with Crippen LogP contribution in [0.25, 0.3) is 11.0 Å². The van der Waals surface area contributed by atoms with Crippen LogP contribution in [0, 0.1) is 26.9 Å². The number of sulfonamides is 1. The first-order valence-corrected chi connectivity index (χ1v) is 26.9. The Morgan fingerprint density at radius 3 is 2.48 bits per heavy atom. The molecule has 0 bridgehead atoms. The van der Waals surface area contributed by atoms with Gasteiger partial charge in [0.05, 0.1) is 27.5 Å². The van der Waals surface area contributed by atoms with Crippen LogP contribution in [0.5, 0.6) is 23.1 Å². The lowest BCUT2D eigenvalue weighted by Crippen LogP contribution is -2.54. The van der Waals surface area contributed by atoms with Gasteiger partial charge in [0.25, 0.3) is 27.5 Å². The standard InChI is InChI=1S/C54H67N7O9S/c1-33(2)40-9-6-7-10-41(40)44-11-8-22-60(44)38-29-54(30-38)19-23-59(24-20-54)37-12-13-42(46(26-37)70-48-25-36-16-21-55-50(36)57-52(48)69-31-34(3)62)51(63)58-71(66,67)39-27-45(61(64)65)49-47(28-39)68-32-43(56-49)35-14-17-53(4,5)18-15-35/h6-7,9-10,12-13,16,21,25-28,33-35,38,43-44,56,62H,8,11,14-15,17-20,22-24,29-32H2,1-5H3,(H,55,57)(H,58,63)/t34-,43-,44-/m1/s1. The Morgan fingerprint density at radius 1 is 0.986 bits per heavy atom. The number of benzene rings is 3. The van der Waals surface area contributed by atoms with E-state index in [1.54, 1.807) is 37.4 Å². The Hall–Kier alpha value is -5.91. The first-order chi connectivity index (χ1) is 33.9. The number of aliphatic hydroxyl groups excluding tert-OH is 1. The highest BCUT2D eigenvalue weighted by Crippen LogP contribution is 2.55. The summed E-state index contributed by atoms with van der Waals surface area (Å²) in [6.45, 7) is 13.5. The zero-order valence-corrected chi connectivity index (χ0v) is 42.2. The molecule has 1 amide bonds. The molecule has 2 aliphatic carbocycles. The number of pyridine rings is 1. The number of piperidine rings is 1. The molecule has 4 N–H and O–H groups in total. The topological polar surface area (TPSA) is 201 Å². The van der Waals surface area contributed by atoms with E-state index in [9.17, 15) is 28.4 Å². The van der Waals surface area contributed by atoms with Crippen LogP contribution < -0.4 is 29.1 Å². The van der Waals surface area contributed by atoms with E-state index in [1.807, 2.05) is 0 Å². The fourth-order valence-electron chi connectivity index (χ4n) is 12.0. The molecule has 3 atom stereocenters. The second-order valence-corrected chi connectivity index (χ2v) is 23.6. The molecule has 5 aliphatic rings. The molecule has 378 valence electrons. The Kier molecular flexibility index (Phi) is 13.2. The number of likely N-dealkylation sites (tertiary alicyclic amines) is 1. The summed E-state index contributed by atoms with van der Waals surface area (Å²) in [6.07, 6.45) is 11.6. The van der Waals surface area contributed by atoms with Crippen molar-refractivity contribution in [2.75, 3.05) is 43.1 Å². The van der Waals surface area contributed by atoms with Gasteiger partial charge in [-0.1, -0.05) is 52.0 Å². The third kappa shape index (κ3) is 10.0. The van der Waals surface area contributed by atoms with Crippen LogP contribution in [0.3, 0.4) is 0 Å². The van der Waals surface area contributed by atoms with Gasteiger partial charge in [-0.25, -0.2) is 13.1 Å². The average molecular weight is 990 g/mol. The van der Waals surface area contributed by atoms with Crippen molar-refractivity contribution in [3.8, 4) is 23.1 Å². The Labute approximate surface area is 416 Å². The lowest BCUT2D eigenvalue weighted by atomic mass is 9.59. The van der Waals surface area contributed by atoms with Gasteiger partial charge in [0.15, 0.2) is 17.2 Å². The minimum Gasteiger partial charge on any atom is -0.489 e. The lowest BCUT2D eigenvalue weighted by Gasteiger charge is -2.56. The number of carbonyl (C=O) groups excluding carboxylic acids is 1. The van der Waals surface area contributed by atoms with Crippen LogP contribution in [0.4, 0.5) is 17.1 Å². The predicted molar refractivity (Wildman–Crippen MR) is 272 cm³/mol. The van der Waals surface area contributed by atoms with Crippen molar-refractivity contribution in [2.45, 2.75) is 134 Å². The normalized spacial score (nSPS) is 21.8. The van der Waals surface area contributed by atoms with E-state index < -0.39 is 37.5 Å². The molecule has 0 unspecified atom stereocenters. The monoisotopic (exact) mass is 989 g/mol. The SMILES string of the molecule is CC(C)c1ccccc1[C@H]1CCCN1C1CC2(CCN(c3ccc(C(=O)NS(=O)(=O)c4cc5c(c([N+](=O)[O-])c4)N[C@@H](C4CCC(C)(C)CC4)CO5)c(Oc4cc5cc[nH]c5nc4OC[C@@H](C)O)c3)CC2)C1. The van der Waals surface area contributed by atoms with Crippen molar-refractivity contribution in [2.24, 2.45) is 16.7 Å². The number of ether oxygens (including phenoxy) is 3. The van der Waals surface area contributed by atoms with E-state index in [-0.39, 0.29) is 70.4 Å². The van der Waals surface area contributed by atoms with Crippen LogP contribution in [-0.4, -0.2) is 90.3 Å². The second kappa shape index (κ2) is 19.3. The maximum atomic E-state index is 14.4. The van der Waals surface area contributed by atoms with E-state index in [4.69, 9.17) is 14.2 Å². The second-order valence-electron chi connectivity index (χ2n) is 21.9. The van der Waals surface area contributed by atoms with Crippen molar-refractivity contribution < 1.29 is 37.5 Å². The molecule has 3 aromatic carbocycles. The van der Waals surface area contributed by atoms with Crippen LogP contribution in [0.15, 0.2) is 77.8 Å². The number of hydrogen-bond acceptors (Lipinski definition) is 13. The zero-order valence-electron chi connectivity index (χ0n) is 41.4. The quantitative estimate of drug-likeness (QED) is 0.0605. The summed E-state index contributed by atoms with van der Waals surface area (Å²) in [7, 11) is -4.71. The van der Waals surface area contributed by atoms with Crippen LogP contribution >= 0.6 is 0 Å². The van der Waals surface area contributed by atoms with Gasteiger partial charge < -0.3 is 34.5 Å². The zero-order chi connectivity index (χ0) is 49.8. The summed E-state index contributed by atoms with van der Waals surface area (Å²) in [6, 6.07) is 20.6. The molecule has 2 aromatic heterocycles. The van der Waals surface area contributed by atoms with E-state index in [1.165, 1.54) is 48.9 Å². The minimum atomic E-state index is -4.71. The van der Waals surface area contributed by atoms with E-state index in [0.717, 1.165) is 69.9 Å². The lowest BCUT2D eigenvalue weighted by molar-refractivity contribution is -0.384. The van der Waals surface area contributed by atoms with Gasteiger partial charge in [-0.15, -0.1) is 0 Å². The first kappa shape index (κ1) is 48.7. The number of aliphatic hydroxyl groups is 1. The molecule has 16 nitrogen and oxygen atoms in total. The van der Waals surface area contributed by atoms with E-state index >= 15 is 0 Å². The van der Waals surface area contributed by atoms with E-state index in [0.29, 0.717) is 29.0 Å². The van der Waals surface area contributed by atoms with Crippen molar-refractivity contribution in [1.29, 1.82) is 0 Å². The molecule has 3 aliphatic heterocycles. The number of carbonyl (C=O) groups is 1. The van der Waals surface area contributed by atoms with Gasteiger partial charge in [-0.2, -0.15) is 4.98 Å². The molecule has 1 spiro atoms. The third-order valence-corrected chi connectivity index (χ3v) is 17.4. The van der Waals surface area contributed by atoms with E-state index in [2.05, 4.69) is 81.8 Å². The molecular formula is C54H67N7O9S. The number of hydrogen-bond donors (Lipinski definition) is 4. The first-order valence-electron chi connectivity index (χ1n) is 25.4. The predicted octanol–water partition coefficient (Wildman–Crippen LogP) is 10.2. The molecule has 0 radical (unpaired) electrons. The molecule has 71 heavy (non-hydrogen) atoms. The van der Waals surface area contributed by atoms with Crippen molar-refractivity contribution in [3.05, 3.63) is 99.7 Å². The third-order valence-electron chi connectivity index (χ3n) is 16.1. The van der Waals surface area contributed by atoms with Gasteiger partial charge in [0.1, 0.15) is 24.6 Å². The number of nitrogens with zero attached hydrogens (tertiary/aromatic N) is 4. The van der Waals surface area contributed by atoms with Gasteiger partial charge >= 0.3 is 0 Å². The number of H-pyrrole nitrogens is 1. The maximum Gasteiger partial charge on any atom is 0.297 e. The molecule has 4 fully saturated rings. The number of nitro groups is 1. The summed E-state index contributed by atoms with van der Waals surface area (Å²) in [4.78, 5) is 38.4. The van der Waals surface area contributed by atoms with Gasteiger partial charge in [0.2, 0.25) is 0 Å². The van der Waals surface area contributed by atoms with Crippen molar-refractivity contribution in [3.63, 3.8) is 0 Å². The van der Waals surface area contributed by atoms with Crippen LogP contribution in [0.2, 0.25) is 0 Å². The maximum absolute atomic E-state index is 14.4. The minimum absolute atomic E-state index is 0.0264. The van der Waals surface area contributed by atoms with Crippen molar-refractivity contribution >= 4 is 44.0 Å². The summed E-state index contributed by atoms with van der Waals surface area (Å²) >= 11 is 0. The van der Waals surface area contributed by atoms with Crippen LogP contribution in [-0.2, 0) is 10.0 Å². The number of anilines is 2. The number of amides is 1. The van der Waals surface area contributed by atoms with Gasteiger partial charge in [-0.05, 0) is 136 Å². The molecule has 2 saturated heterocycles. The summed E-state index contributed by atoms with van der Waals surface area (Å²) in [5.74, 6) is -0.0164. The number of nitro benzene ring substituents is 1. The number of fused-ring (bicyclic) bond motifs is 2. The van der Waals surface area contributed by atoms with Gasteiger partial charge in [0, 0.05) is 60.6 Å². The summed E-state index contributed by atoms with van der Waals surface area (Å²) < 4.78 is 49.0. The fraction of sp³-hybridized carbons (Fsp3) is 0.519. The number of nitrogens with one attached hydrogen (secondary N) is 3. The highest BCUT2D eigenvalue weighted by molar-refractivity contribution is 7.90. The highest BCUT2D eigenvalue weighted by Gasteiger charge is 2.50. The Bertz CT molecular complexity index is 2910. The number of aromatic amines is 1. The molecular weight excluding hydrogens is 923 g/mol. The molecule has 10 rings (SSSR count). The smallest absolute Gasteiger partial charge is 0.297 e. The fourth-order valence-corrected chi connectivity index (χ4v) is 13.0. The number of rotatable bonds is 14. The van der Waals surface area contributed by atoms with Gasteiger partial charge in [-0.3, -0.25) is 19.8 Å². The molecule has 17 heteroatoms. The summed E-state index contributed by atoms with van der Waals surface area (Å²) in [5, 5.41) is 26.6. The molecule has 2 saturated carbocycles. The molecule has 5 aromatic rings. The van der Waals surface area contributed by atoms with Crippen molar-refractivity contribution in [1.82, 2.24) is 19.6 Å². The molecule has 5 heterocycles. The summed E-state index contributed by atoms with van der Waals surface area (Å²) in [5.41, 5.74) is 4.29. The van der Waals surface area contributed by atoms with Crippen LogP contribution in [0.1, 0.15) is 132 Å². The Morgan fingerprint density at radius 2 is 1.75 bits per heavy atom. The average Bonchev–Trinajstić information content (AvgIpc) is 4.02.